The first-order valence-corrected chi connectivity index (χ1v) is 9.36. The molecule has 1 aromatic heterocycles. The molecular formula is C21H31N3O. The average molecular weight is 341 g/mol. The third kappa shape index (κ3) is 6.75. The van der Waals surface area contributed by atoms with Crippen LogP contribution in [0.25, 0.3) is 0 Å². The van der Waals surface area contributed by atoms with Gasteiger partial charge in [-0.05, 0) is 30.9 Å². The van der Waals surface area contributed by atoms with Crippen LogP contribution in [0, 0.1) is 0 Å². The van der Waals surface area contributed by atoms with Crippen molar-refractivity contribution in [1.29, 1.82) is 0 Å². The van der Waals surface area contributed by atoms with Crippen LogP contribution in [0.5, 0.6) is 0 Å². The maximum Gasteiger partial charge on any atom is 0.125 e. The van der Waals surface area contributed by atoms with Gasteiger partial charge in [0.25, 0.3) is 0 Å². The van der Waals surface area contributed by atoms with E-state index in [0.717, 1.165) is 51.3 Å². The summed E-state index contributed by atoms with van der Waals surface area (Å²) in [7, 11) is 0. The van der Waals surface area contributed by atoms with Gasteiger partial charge in [-0.15, -0.1) is 0 Å². The van der Waals surface area contributed by atoms with Gasteiger partial charge in [0, 0.05) is 30.5 Å². The quantitative estimate of drug-likeness (QED) is 0.890. The molecule has 3 rings (SSSR count). The smallest absolute Gasteiger partial charge is 0.125 e. The number of ether oxygens (including phenoxy) is 1. The van der Waals surface area contributed by atoms with Gasteiger partial charge in [-0.2, -0.15) is 0 Å². The summed E-state index contributed by atoms with van der Waals surface area (Å²) in [6.07, 6.45) is 4.37. The molecule has 4 nitrogen and oxygen atoms in total. The van der Waals surface area contributed by atoms with E-state index in [4.69, 9.17) is 10.5 Å². The highest BCUT2D eigenvalue weighted by Gasteiger charge is 2.12. The van der Waals surface area contributed by atoms with E-state index in [1.54, 1.807) is 0 Å². The first-order chi connectivity index (χ1) is 12.2. The summed E-state index contributed by atoms with van der Waals surface area (Å²) in [5.74, 6) is 0.610. The van der Waals surface area contributed by atoms with E-state index in [-0.39, 0.29) is 0 Å². The van der Waals surface area contributed by atoms with E-state index >= 15 is 0 Å². The van der Waals surface area contributed by atoms with Crippen molar-refractivity contribution in [3.63, 3.8) is 0 Å². The Hall–Kier alpha value is -2.07. The van der Waals surface area contributed by atoms with Crippen LogP contribution in [0.3, 0.4) is 0 Å². The van der Waals surface area contributed by atoms with Gasteiger partial charge in [0.05, 0.1) is 13.2 Å². The Balaban J connectivity index is 0.000000701. The van der Waals surface area contributed by atoms with Gasteiger partial charge in [0.2, 0.25) is 0 Å². The predicted molar refractivity (Wildman–Crippen MR) is 106 cm³/mol. The molecule has 1 aliphatic heterocycles. The fourth-order valence-corrected chi connectivity index (χ4v) is 2.84. The first-order valence-electron chi connectivity index (χ1n) is 9.36. The number of pyridine rings is 1. The molecule has 0 aliphatic carbocycles. The fourth-order valence-electron chi connectivity index (χ4n) is 2.84. The van der Waals surface area contributed by atoms with Crippen molar-refractivity contribution in [2.45, 2.75) is 39.5 Å². The number of benzene rings is 1. The number of morpholine rings is 1. The monoisotopic (exact) mass is 341 g/mol. The standard InChI is InChI=1S/C18H23N3O.C3H8/c19-18-14-17(21-9-11-22-12-10-21)13-16(20-18)8-4-7-15-5-2-1-3-6-15;1-3-2/h1-3,5-6,13-14H,4,7-12H2,(H2,19,20);3H2,1-2H3. The summed E-state index contributed by atoms with van der Waals surface area (Å²) in [6.45, 7) is 7.66. The number of aromatic nitrogens is 1. The lowest BCUT2D eigenvalue weighted by Crippen LogP contribution is -2.36. The highest BCUT2D eigenvalue weighted by Crippen LogP contribution is 2.20. The van der Waals surface area contributed by atoms with Gasteiger partial charge in [0.15, 0.2) is 0 Å². The van der Waals surface area contributed by atoms with Crippen molar-refractivity contribution in [1.82, 2.24) is 4.98 Å². The zero-order chi connectivity index (χ0) is 17.9. The highest BCUT2D eigenvalue weighted by atomic mass is 16.5. The van der Waals surface area contributed by atoms with Gasteiger partial charge in [0.1, 0.15) is 5.82 Å². The SMILES string of the molecule is CCC.Nc1cc(N2CCOCC2)cc(CCCc2ccccc2)n1. The summed E-state index contributed by atoms with van der Waals surface area (Å²) in [5.41, 5.74) is 9.61. The van der Waals surface area contributed by atoms with Crippen molar-refractivity contribution in [3.8, 4) is 0 Å². The first kappa shape index (κ1) is 19.3. The number of nitrogens with two attached hydrogens (primary N) is 1. The average Bonchev–Trinajstić information content (AvgIpc) is 2.64. The predicted octanol–water partition coefficient (Wildman–Crippen LogP) is 4.09. The lowest BCUT2D eigenvalue weighted by Gasteiger charge is -2.29. The van der Waals surface area contributed by atoms with Gasteiger partial charge in [-0.3, -0.25) is 0 Å². The zero-order valence-corrected chi connectivity index (χ0v) is 15.6. The molecule has 0 radical (unpaired) electrons. The number of anilines is 2. The third-order valence-electron chi connectivity index (χ3n) is 4.00. The topological polar surface area (TPSA) is 51.4 Å². The van der Waals surface area contributed by atoms with Crippen molar-refractivity contribution >= 4 is 11.5 Å². The molecule has 2 N–H and O–H groups in total. The molecule has 2 heterocycles. The van der Waals surface area contributed by atoms with Gasteiger partial charge in [-0.1, -0.05) is 50.6 Å². The zero-order valence-electron chi connectivity index (χ0n) is 15.6. The van der Waals surface area contributed by atoms with Crippen LogP contribution in [-0.2, 0) is 17.6 Å². The van der Waals surface area contributed by atoms with E-state index in [1.165, 1.54) is 17.7 Å². The van der Waals surface area contributed by atoms with Crippen LogP contribution in [0.15, 0.2) is 42.5 Å². The molecule has 1 fully saturated rings. The van der Waals surface area contributed by atoms with Crippen LogP contribution in [0.4, 0.5) is 11.5 Å². The summed E-state index contributed by atoms with van der Waals surface area (Å²) in [4.78, 5) is 6.80. The molecule has 136 valence electrons. The molecule has 0 spiro atoms. The molecule has 0 amide bonds. The lowest BCUT2D eigenvalue weighted by atomic mass is 10.1. The van der Waals surface area contributed by atoms with E-state index in [9.17, 15) is 0 Å². The number of rotatable bonds is 5. The minimum absolute atomic E-state index is 0.610. The van der Waals surface area contributed by atoms with Crippen molar-refractivity contribution < 1.29 is 4.74 Å². The van der Waals surface area contributed by atoms with Crippen LogP contribution in [-0.4, -0.2) is 31.3 Å². The largest absolute Gasteiger partial charge is 0.384 e. The molecule has 1 aliphatic rings. The minimum atomic E-state index is 0.610. The second-order valence-corrected chi connectivity index (χ2v) is 6.39. The van der Waals surface area contributed by atoms with Gasteiger partial charge >= 0.3 is 0 Å². The number of nitrogens with zero attached hydrogens (tertiary/aromatic N) is 2. The highest BCUT2D eigenvalue weighted by molar-refractivity contribution is 5.54. The van der Waals surface area contributed by atoms with Crippen molar-refractivity contribution in [2.24, 2.45) is 0 Å². The minimum Gasteiger partial charge on any atom is -0.384 e. The molecule has 1 saturated heterocycles. The Bertz CT molecular complexity index is 610. The summed E-state index contributed by atoms with van der Waals surface area (Å²) in [6, 6.07) is 14.7. The van der Waals surface area contributed by atoms with Crippen LogP contribution in [0.2, 0.25) is 0 Å². The van der Waals surface area contributed by atoms with Crippen molar-refractivity contribution in [2.75, 3.05) is 36.9 Å². The number of nitrogen functional groups attached to an aromatic ring is 1. The van der Waals surface area contributed by atoms with Crippen LogP contribution < -0.4 is 10.6 Å². The summed E-state index contributed by atoms with van der Waals surface area (Å²) in [5, 5.41) is 0. The van der Waals surface area contributed by atoms with E-state index in [2.05, 4.69) is 60.1 Å². The Morgan fingerprint density at radius 1 is 1.04 bits per heavy atom. The molecule has 0 bridgehead atoms. The van der Waals surface area contributed by atoms with E-state index in [1.807, 2.05) is 6.07 Å². The van der Waals surface area contributed by atoms with E-state index < -0.39 is 0 Å². The molecule has 0 saturated carbocycles. The molecule has 0 atom stereocenters. The Morgan fingerprint density at radius 2 is 1.72 bits per heavy atom. The molecule has 0 unspecified atom stereocenters. The second-order valence-electron chi connectivity index (χ2n) is 6.39. The molecule has 1 aromatic carbocycles. The van der Waals surface area contributed by atoms with Gasteiger partial charge in [-0.25, -0.2) is 4.98 Å². The second kappa shape index (κ2) is 10.7. The number of hydrogen-bond acceptors (Lipinski definition) is 4. The fraction of sp³-hybridized carbons (Fsp3) is 0.476. The maximum absolute atomic E-state index is 5.98. The Labute approximate surface area is 152 Å². The number of hydrogen-bond donors (Lipinski definition) is 1. The van der Waals surface area contributed by atoms with Crippen molar-refractivity contribution in [3.05, 3.63) is 53.7 Å². The molecular weight excluding hydrogens is 310 g/mol. The molecule has 2 aromatic rings. The summed E-state index contributed by atoms with van der Waals surface area (Å²) >= 11 is 0. The Kier molecular flexibility index (Phi) is 8.26. The molecule has 25 heavy (non-hydrogen) atoms. The number of aryl methyl sites for hydroxylation is 2. The normalized spacial score (nSPS) is 13.9. The summed E-state index contributed by atoms with van der Waals surface area (Å²) < 4.78 is 5.41. The van der Waals surface area contributed by atoms with Crippen LogP contribution >= 0.6 is 0 Å². The third-order valence-corrected chi connectivity index (χ3v) is 4.00. The van der Waals surface area contributed by atoms with Gasteiger partial charge < -0.3 is 15.4 Å². The maximum atomic E-state index is 5.98. The van der Waals surface area contributed by atoms with E-state index in [0.29, 0.717) is 5.82 Å². The lowest BCUT2D eigenvalue weighted by molar-refractivity contribution is 0.122. The van der Waals surface area contributed by atoms with Crippen LogP contribution in [0.1, 0.15) is 37.9 Å². The Morgan fingerprint density at radius 3 is 2.40 bits per heavy atom. The molecule has 4 heteroatoms.